The van der Waals surface area contributed by atoms with E-state index in [1.165, 1.54) is 12.1 Å². The molecule has 0 saturated heterocycles. The molecular formula is C14H11ClF2O. The van der Waals surface area contributed by atoms with E-state index in [2.05, 4.69) is 0 Å². The van der Waals surface area contributed by atoms with Gasteiger partial charge in [0.25, 0.3) is 0 Å². The molecule has 0 amide bonds. The molecule has 1 unspecified atom stereocenters. The SMILES string of the molecule is OC(Cc1ccc(F)cc1F)c1cccc(Cl)c1. The molecular weight excluding hydrogens is 258 g/mol. The van der Waals surface area contributed by atoms with Crippen molar-refractivity contribution in [3.8, 4) is 0 Å². The maximum absolute atomic E-state index is 13.4. The third-order valence-electron chi connectivity index (χ3n) is 2.66. The molecule has 1 atom stereocenters. The number of halogens is 3. The Balaban J connectivity index is 2.18. The second kappa shape index (κ2) is 5.46. The van der Waals surface area contributed by atoms with E-state index in [-0.39, 0.29) is 12.0 Å². The normalized spacial score (nSPS) is 12.4. The van der Waals surface area contributed by atoms with Gasteiger partial charge in [-0.3, -0.25) is 0 Å². The summed E-state index contributed by atoms with van der Waals surface area (Å²) in [6.45, 7) is 0. The molecule has 0 fully saturated rings. The lowest BCUT2D eigenvalue weighted by atomic mass is 10.0. The topological polar surface area (TPSA) is 20.2 Å². The van der Waals surface area contributed by atoms with Gasteiger partial charge in [-0.05, 0) is 29.3 Å². The molecule has 0 saturated carbocycles. The Bertz CT molecular complexity index is 557. The predicted octanol–water partition coefficient (Wildman–Crippen LogP) is 3.89. The van der Waals surface area contributed by atoms with E-state index in [9.17, 15) is 13.9 Å². The van der Waals surface area contributed by atoms with E-state index in [4.69, 9.17) is 11.6 Å². The van der Waals surface area contributed by atoms with E-state index < -0.39 is 17.7 Å². The van der Waals surface area contributed by atoms with Crippen LogP contribution < -0.4 is 0 Å². The molecule has 0 aliphatic carbocycles. The zero-order valence-corrected chi connectivity index (χ0v) is 10.2. The Morgan fingerprint density at radius 1 is 1.11 bits per heavy atom. The van der Waals surface area contributed by atoms with Gasteiger partial charge in [-0.1, -0.05) is 29.8 Å². The van der Waals surface area contributed by atoms with Gasteiger partial charge in [0, 0.05) is 17.5 Å². The van der Waals surface area contributed by atoms with Gasteiger partial charge in [0.1, 0.15) is 11.6 Å². The minimum absolute atomic E-state index is 0.0758. The standard InChI is InChI=1S/C14H11ClF2O/c15-11-3-1-2-10(6-11)14(18)7-9-4-5-12(16)8-13(9)17/h1-6,8,14,18H,7H2. The fourth-order valence-corrected chi connectivity index (χ4v) is 1.93. The zero-order valence-electron chi connectivity index (χ0n) is 9.41. The van der Waals surface area contributed by atoms with Crippen LogP contribution in [0, 0.1) is 11.6 Å². The van der Waals surface area contributed by atoms with Crippen LogP contribution >= 0.6 is 11.6 Å². The van der Waals surface area contributed by atoms with Crippen molar-refractivity contribution in [3.63, 3.8) is 0 Å². The summed E-state index contributed by atoms with van der Waals surface area (Å²) in [4.78, 5) is 0. The second-order valence-corrected chi connectivity index (χ2v) is 4.45. The molecule has 18 heavy (non-hydrogen) atoms. The highest BCUT2D eigenvalue weighted by Crippen LogP contribution is 2.22. The molecule has 1 N–H and O–H groups in total. The van der Waals surface area contributed by atoms with Gasteiger partial charge in [0.2, 0.25) is 0 Å². The van der Waals surface area contributed by atoms with Crippen molar-refractivity contribution in [1.82, 2.24) is 0 Å². The molecule has 0 aliphatic rings. The van der Waals surface area contributed by atoms with E-state index in [0.717, 1.165) is 6.07 Å². The average molecular weight is 269 g/mol. The highest BCUT2D eigenvalue weighted by molar-refractivity contribution is 6.30. The third-order valence-corrected chi connectivity index (χ3v) is 2.90. The van der Waals surface area contributed by atoms with Crippen LogP contribution in [-0.4, -0.2) is 5.11 Å². The first-order valence-corrected chi connectivity index (χ1v) is 5.81. The Kier molecular flexibility index (Phi) is 3.94. The van der Waals surface area contributed by atoms with Gasteiger partial charge < -0.3 is 5.11 Å². The van der Waals surface area contributed by atoms with Gasteiger partial charge in [0.05, 0.1) is 6.10 Å². The van der Waals surface area contributed by atoms with Crippen molar-refractivity contribution < 1.29 is 13.9 Å². The fourth-order valence-electron chi connectivity index (χ4n) is 1.73. The van der Waals surface area contributed by atoms with Crippen LogP contribution in [0.25, 0.3) is 0 Å². The molecule has 0 bridgehead atoms. The Morgan fingerprint density at radius 3 is 2.56 bits per heavy atom. The highest BCUT2D eigenvalue weighted by Gasteiger charge is 2.12. The van der Waals surface area contributed by atoms with Gasteiger partial charge in [-0.2, -0.15) is 0 Å². The lowest BCUT2D eigenvalue weighted by Gasteiger charge is -2.12. The minimum atomic E-state index is -0.872. The van der Waals surface area contributed by atoms with E-state index in [1.54, 1.807) is 24.3 Å². The molecule has 0 aliphatic heterocycles. The maximum atomic E-state index is 13.4. The summed E-state index contributed by atoms with van der Waals surface area (Å²) in [5, 5.41) is 10.5. The van der Waals surface area contributed by atoms with E-state index in [0.29, 0.717) is 10.6 Å². The van der Waals surface area contributed by atoms with Gasteiger partial charge in [0.15, 0.2) is 0 Å². The first-order chi connectivity index (χ1) is 8.56. The summed E-state index contributed by atoms with van der Waals surface area (Å²) in [6.07, 6.45) is -0.796. The fraction of sp³-hybridized carbons (Fsp3) is 0.143. The molecule has 0 aromatic heterocycles. The summed E-state index contributed by atoms with van der Waals surface area (Å²) in [7, 11) is 0. The van der Waals surface area contributed by atoms with Crippen molar-refractivity contribution in [1.29, 1.82) is 0 Å². The van der Waals surface area contributed by atoms with Crippen LogP contribution in [0.4, 0.5) is 8.78 Å². The van der Waals surface area contributed by atoms with Crippen LogP contribution in [0.3, 0.4) is 0 Å². The average Bonchev–Trinajstić information content (AvgIpc) is 2.32. The molecule has 2 rings (SSSR count). The first-order valence-electron chi connectivity index (χ1n) is 5.44. The van der Waals surface area contributed by atoms with E-state index in [1.807, 2.05) is 0 Å². The summed E-state index contributed by atoms with van der Waals surface area (Å²) < 4.78 is 26.2. The van der Waals surface area contributed by atoms with Crippen molar-refractivity contribution in [3.05, 3.63) is 70.2 Å². The Labute approximate surface area is 109 Å². The van der Waals surface area contributed by atoms with Crippen molar-refractivity contribution in [2.24, 2.45) is 0 Å². The first kappa shape index (κ1) is 13.0. The predicted molar refractivity (Wildman–Crippen MR) is 66.5 cm³/mol. The van der Waals surface area contributed by atoms with Gasteiger partial charge in [-0.25, -0.2) is 8.78 Å². The second-order valence-electron chi connectivity index (χ2n) is 4.01. The van der Waals surface area contributed by atoms with Gasteiger partial charge in [-0.15, -0.1) is 0 Å². The zero-order chi connectivity index (χ0) is 13.1. The maximum Gasteiger partial charge on any atom is 0.129 e. The van der Waals surface area contributed by atoms with Crippen LogP contribution in [-0.2, 0) is 6.42 Å². The molecule has 0 heterocycles. The monoisotopic (exact) mass is 268 g/mol. The number of aliphatic hydroxyl groups is 1. The molecule has 2 aromatic carbocycles. The van der Waals surface area contributed by atoms with E-state index >= 15 is 0 Å². The number of hydrogen-bond acceptors (Lipinski definition) is 1. The van der Waals surface area contributed by atoms with Gasteiger partial charge >= 0.3 is 0 Å². The quantitative estimate of drug-likeness (QED) is 0.895. The molecule has 1 nitrogen and oxygen atoms in total. The molecule has 0 spiro atoms. The minimum Gasteiger partial charge on any atom is -0.388 e. The largest absolute Gasteiger partial charge is 0.388 e. The molecule has 4 heteroatoms. The summed E-state index contributed by atoms with van der Waals surface area (Å²) in [5.74, 6) is -1.29. The highest BCUT2D eigenvalue weighted by atomic mass is 35.5. The summed E-state index contributed by atoms with van der Waals surface area (Å²) >= 11 is 5.81. The third kappa shape index (κ3) is 3.06. The molecule has 94 valence electrons. The Hall–Kier alpha value is -1.45. The summed E-state index contributed by atoms with van der Waals surface area (Å²) in [5.41, 5.74) is 0.870. The van der Waals surface area contributed by atoms with Crippen molar-refractivity contribution in [2.45, 2.75) is 12.5 Å². The van der Waals surface area contributed by atoms with Crippen molar-refractivity contribution in [2.75, 3.05) is 0 Å². The molecule has 2 aromatic rings. The number of aliphatic hydroxyl groups excluding tert-OH is 1. The Morgan fingerprint density at radius 2 is 1.89 bits per heavy atom. The lowest BCUT2D eigenvalue weighted by molar-refractivity contribution is 0.177. The van der Waals surface area contributed by atoms with Crippen LogP contribution in [0.1, 0.15) is 17.2 Å². The van der Waals surface area contributed by atoms with Crippen LogP contribution in [0.2, 0.25) is 5.02 Å². The summed E-state index contributed by atoms with van der Waals surface area (Å²) in [6, 6.07) is 10.0. The number of benzene rings is 2. The van der Waals surface area contributed by atoms with Crippen LogP contribution in [0.5, 0.6) is 0 Å². The molecule has 0 radical (unpaired) electrons. The van der Waals surface area contributed by atoms with Crippen LogP contribution in [0.15, 0.2) is 42.5 Å². The lowest BCUT2D eigenvalue weighted by Crippen LogP contribution is -2.03. The number of hydrogen-bond donors (Lipinski definition) is 1. The number of rotatable bonds is 3. The van der Waals surface area contributed by atoms with Crippen molar-refractivity contribution >= 4 is 11.6 Å². The smallest absolute Gasteiger partial charge is 0.129 e.